The van der Waals surface area contributed by atoms with Crippen molar-refractivity contribution in [3.63, 3.8) is 0 Å². The number of hydrogen-bond acceptors (Lipinski definition) is 4. The molecule has 12 rings (SSSR count). The number of anilines is 1. The Balaban J connectivity index is 1.15. The number of thiophene rings is 1. The van der Waals surface area contributed by atoms with E-state index in [9.17, 15) is 0 Å². The van der Waals surface area contributed by atoms with Gasteiger partial charge in [0.2, 0.25) is 0 Å². The number of aliphatic imine (C=N–C) groups is 1. The lowest BCUT2D eigenvalue weighted by atomic mass is 9.96. The van der Waals surface area contributed by atoms with E-state index in [1.165, 1.54) is 47.5 Å². The molecular weight excluding hydrogens is 667 g/mol. The second-order valence-corrected chi connectivity index (χ2v) is 15.0. The Labute approximate surface area is 307 Å². The minimum absolute atomic E-state index is 0.341. The normalized spacial score (nSPS) is 14.5. The average molecular weight is 696 g/mol. The fourth-order valence-electron chi connectivity index (χ4n) is 8.66. The van der Waals surface area contributed by atoms with Crippen LogP contribution in [0, 0.1) is 0 Å². The summed E-state index contributed by atoms with van der Waals surface area (Å²) >= 11 is 1.80. The molecule has 248 valence electrons. The van der Waals surface area contributed by atoms with Crippen LogP contribution in [0.2, 0.25) is 0 Å². The lowest BCUT2D eigenvalue weighted by Crippen LogP contribution is -2.19. The monoisotopic (exact) mass is 695 g/mol. The van der Waals surface area contributed by atoms with Crippen LogP contribution >= 0.6 is 11.3 Å². The van der Waals surface area contributed by atoms with Crippen LogP contribution in [0.15, 0.2) is 173 Å². The van der Waals surface area contributed by atoms with E-state index in [1.807, 2.05) is 0 Å². The zero-order valence-electron chi connectivity index (χ0n) is 28.4. The van der Waals surface area contributed by atoms with Crippen molar-refractivity contribution >= 4 is 98.1 Å². The van der Waals surface area contributed by atoms with Crippen molar-refractivity contribution in [2.45, 2.75) is 6.17 Å². The van der Waals surface area contributed by atoms with Gasteiger partial charge in [-0.25, -0.2) is 0 Å². The molecule has 3 aromatic heterocycles. The van der Waals surface area contributed by atoms with Crippen LogP contribution in [0.5, 0.6) is 0 Å². The second kappa shape index (κ2) is 10.9. The Morgan fingerprint density at radius 2 is 1.30 bits per heavy atom. The fraction of sp³-hybridized carbons (Fsp3) is 0.0208. The molecule has 0 aliphatic carbocycles. The molecule has 0 spiro atoms. The predicted molar refractivity (Wildman–Crippen MR) is 223 cm³/mol. The molecule has 0 amide bonds. The predicted octanol–water partition coefficient (Wildman–Crippen LogP) is 13.2. The SMILES string of the molecule is c1ccc(C2=NC(c3cc4ccccc4c4oc5ccc(-n6c7ccccc7c7c8ccccc8ccc76)cc5c34)Nc3c2sc2ccccc32)cc1. The molecule has 1 aliphatic heterocycles. The molecule has 0 bridgehead atoms. The number of benzene rings is 8. The third kappa shape index (κ3) is 4.14. The van der Waals surface area contributed by atoms with Gasteiger partial charge in [-0.1, -0.05) is 121 Å². The van der Waals surface area contributed by atoms with Gasteiger partial charge in [0.25, 0.3) is 0 Å². The van der Waals surface area contributed by atoms with Gasteiger partial charge in [0, 0.05) is 53.8 Å². The number of aromatic nitrogens is 1. The summed E-state index contributed by atoms with van der Waals surface area (Å²) in [7, 11) is 0. The molecule has 1 atom stereocenters. The van der Waals surface area contributed by atoms with E-state index in [0.29, 0.717) is 0 Å². The minimum Gasteiger partial charge on any atom is -0.455 e. The molecule has 11 aromatic rings. The van der Waals surface area contributed by atoms with Gasteiger partial charge in [-0.05, 0) is 58.6 Å². The smallest absolute Gasteiger partial charge is 0.146 e. The highest BCUT2D eigenvalue weighted by Crippen LogP contribution is 2.47. The van der Waals surface area contributed by atoms with Gasteiger partial charge in [-0.3, -0.25) is 4.99 Å². The van der Waals surface area contributed by atoms with E-state index in [2.05, 4.69) is 174 Å². The zero-order valence-corrected chi connectivity index (χ0v) is 29.2. The Hall–Kier alpha value is -6.69. The summed E-state index contributed by atoms with van der Waals surface area (Å²) in [6, 6.07) is 58.7. The third-order valence-corrected chi connectivity index (χ3v) is 12.2. The highest BCUT2D eigenvalue weighted by molar-refractivity contribution is 7.22. The topological polar surface area (TPSA) is 42.5 Å². The van der Waals surface area contributed by atoms with Gasteiger partial charge < -0.3 is 14.3 Å². The van der Waals surface area contributed by atoms with Gasteiger partial charge in [-0.15, -0.1) is 11.3 Å². The summed E-state index contributed by atoms with van der Waals surface area (Å²) in [6.45, 7) is 0. The molecule has 1 N–H and O–H groups in total. The maximum absolute atomic E-state index is 6.85. The number of furan rings is 1. The molecule has 0 saturated heterocycles. The molecule has 4 nitrogen and oxygen atoms in total. The Morgan fingerprint density at radius 1 is 0.566 bits per heavy atom. The van der Waals surface area contributed by atoms with Gasteiger partial charge >= 0.3 is 0 Å². The van der Waals surface area contributed by atoms with E-state index in [1.54, 1.807) is 11.3 Å². The van der Waals surface area contributed by atoms with Crippen LogP contribution < -0.4 is 5.32 Å². The summed E-state index contributed by atoms with van der Waals surface area (Å²) in [5.74, 6) is 0. The van der Waals surface area contributed by atoms with Crippen LogP contribution in [-0.4, -0.2) is 10.3 Å². The van der Waals surface area contributed by atoms with Crippen molar-refractivity contribution in [1.82, 2.24) is 4.57 Å². The lowest BCUT2D eigenvalue weighted by molar-refractivity contribution is 0.672. The first-order chi connectivity index (χ1) is 26.3. The maximum Gasteiger partial charge on any atom is 0.146 e. The van der Waals surface area contributed by atoms with Crippen molar-refractivity contribution in [3.8, 4) is 5.69 Å². The molecule has 1 aliphatic rings. The fourth-order valence-corrected chi connectivity index (χ4v) is 9.85. The van der Waals surface area contributed by atoms with E-state index in [4.69, 9.17) is 9.41 Å². The van der Waals surface area contributed by atoms with Crippen molar-refractivity contribution in [2.24, 2.45) is 4.99 Å². The Morgan fingerprint density at radius 3 is 2.19 bits per heavy atom. The average Bonchev–Trinajstić information content (AvgIpc) is 3.90. The Kier molecular flexibility index (Phi) is 5.96. The van der Waals surface area contributed by atoms with Gasteiger partial charge in [-0.2, -0.15) is 0 Å². The van der Waals surface area contributed by atoms with Gasteiger partial charge in [0.1, 0.15) is 17.3 Å². The van der Waals surface area contributed by atoms with Crippen LogP contribution in [0.4, 0.5) is 5.69 Å². The molecule has 8 aromatic carbocycles. The minimum atomic E-state index is -0.341. The summed E-state index contributed by atoms with van der Waals surface area (Å²) in [5, 5.41) is 14.6. The van der Waals surface area contributed by atoms with E-state index in [-0.39, 0.29) is 6.17 Å². The van der Waals surface area contributed by atoms with Crippen LogP contribution in [0.25, 0.3) is 81.1 Å². The largest absolute Gasteiger partial charge is 0.455 e. The summed E-state index contributed by atoms with van der Waals surface area (Å²) in [6.07, 6.45) is -0.341. The number of nitrogens with zero attached hydrogens (tertiary/aromatic N) is 2. The molecular formula is C48H29N3OS. The van der Waals surface area contributed by atoms with Crippen LogP contribution in [-0.2, 0) is 0 Å². The maximum atomic E-state index is 6.85. The van der Waals surface area contributed by atoms with Crippen molar-refractivity contribution in [3.05, 3.63) is 180 Å². The summed E-state index contributed by atoms with van der Waals surface area (Å²) in [5.41, 5.74) is 9.56. The second-order valence-electron chi connectivity index (χ2n) is 13.9. The molecule has 53 heavy (non-hydrogen) atoms. The summed E-state index contributed by atoms with van der Waals surface area (Å²) in [4.78, 5) is 6.72. The van der Waals surface area contributed by atoms with Crippen molar-refractivity contribution < 1.29 is 4.42 Å². The third-order valence-electron chi connectivity index (χ3n) is 11.0. The zero-order chi connectivity index (χ0) is 34.6. The summed E-state index contributed by atoms with van der Waals surface area (Å²) < 4.78 is 10.5. The highest BCUT2D eigenvalue weighted by atomic mass is 32.1. The quantitative estimate of drug-likeness (QED) is 0.200. The highest BCUT2D eigenvalue weighted by Gasteiger charge is 2.29. The number of hydrogen-bond donors (Lipinski definition) is 1. The van der Waals surface area contributed by atoms with Crippen molar-refractivity contribution in [1.29, 1.82) is 0 Å². The van der Waals surface area contributed by atoms with Gasteiger partial charge in [0.15, 0.2) is 0 Å². The number of fused-ring (bicyclic) bond motifs is 13. The molecule has 1 unspecified atom stereocenters. The Bertz CT molecular complexity index is 3330. The molecule has 5 heteroatoms. The molecule has 0 radical (unpaired) electrons. The van der Waals surface area contributed by atoms with Gasteiger partial charge in [0.05, 0.1) is 27.3 Å². The molecule has 0 saturated carbocycles. The van der Waals surface area contributed by atoms with Crippen LogP contribution in [0.1, 0.15) is 22.2 Å². The standard InChI is InChI=1S/C48H29N3OS/c1-2-13-29(14-3-1)44-47-45(35-19-9-11-21-41(35)53-47)50-48(49-44)37-26-30-15-5-7-17-33(30)46-43(37)36-27-31(23-25-40(36)52-46)51-38-20-10-8-18-34(38)42-32-16-6-4-12-28(32)22-24-39(42)51/h1-27,48,50H. The number of rotatable bonds is 3. The number of nitrogens with one attached hydrogen (secondary N) is 1. The van der Waals surface area contributed by atoms with Crippen molar-refractivity contribution in [2.75, 3.05) is 5.32 Å². The number of para-hydroxylation sites is 1. The molecule has 4 heterocycles. The van der Waals surface area contributed by atoms with Crippen LogP contribution in [0.3, 0.4) is 0 Å². The first-order valence-electron chi connectivity index (χ1n) is 18.0. The van der Waals surface area contributed by atoms with E-state index < -0.39 is 0 Å². The lowest BCUT2D eigenvalue weighted by Gasteiger charge is -2.25. The molecule has 0 fully saturated rings. The first kappa shape index (κ1) is 28.9. The van der Waals surface area contributed by atoms with E-state index in [0.717, 1.165) is 60.9 Å². The first-order valence-corrected chi connectivity index (χ1v) is 18.8. The van der Waals surface area contributed by atoms with E-state index >= 15 is 0 Å².